The number of nitrogens with two attached hydrogens (primary N) is 1. The van der Waals surface area contributed by atoms with Gasteiger partial charge in [-0.2, -0.15) is 0 Å². The van der Waals surface area contributed by atoms with E-state index in [0.717, 1.165) is 23.5 Å². The lowest BCUT2D eigenvalue weighted by Crippen LogP contribution is -2.22. The molecule has 1 atom stereocenters. The number of hydrogen-bond donors (Lipinski definition) is 2. The van der Waals surface area contributed by atoms with Crippen LogP contribution in [0.3, 0.4) is 0 Å². The molecular formula is C12H17N3O2. The molecule has 0 aliphatic carbocycles. The molecule has 0 saturated heterocycles. The number of carbonyl (C=O) groups excluding carboxylic acids is 1. The van der Waals surface area contributed by atoms with E-state index in [9.17, 15) is 4.79 Å². The molecule has 1 heterocycles. The zero-order valence-corrected chi connectivity index (χ0v) is 10.1. The Morgan fingerprint density at radius 2 is 2.29 bits per heavy atom. The molecule has 92 valence electrons. The number of amides is 1. The Kier molecular flexibility index (Phi) is 3.31. The first-order valence-electron chi connectivity index (χ1n) is 5.54. The lowest BCUT2D eigenvalue weighted by molar-refractivity contribution is -0.116. The third-order valence-electron chi connectivity index (χ3n) is 2.98. The second kappa shape index (κ2) is 4.73. The van der Waals surface area contributed by atoms with Crippen LogP contribution in [0.5, 0.6) is 0 Å². The van der Waals surface area contributed by atoms with Crippen molar-refractivity contribution < 1.29 is 9.53 Å². The highest BCUT2D eigenvalue weighted by Gasteiger charge is 2.27. The van der Waals surface area contributed by atoms with Crippen LogP contribution in [0.15, 0.2) is 18.2 Å². The molecule has 5 heteroatoms. The monoisotopic (exact) mass is 235 g/mol. The van der Waals surface area contributed by atoms with Crippen molar-refractivity contribution in [3.05, 3.63) is 23.8 Å². The van der Waals surface area contributed by atoms with E-state index in [1.54, 1.807) is 7.11 Å². The molecule has 0 radical (unpaired) electrons. The summed E-state index contributed by atoms with van der Waals surface area (Å²) in [6.45, 7) is 1.47. The first-order valence-corrected chi connectivity index (χ1v) is 5.54. The number of rotatable bonds is 4. The molecule has 1 amide bonds. The Labute approximate surface area is 101 Å². The van der Waals surface area contributed by atoms with Crippen LogP contribution in [0, 0.1) is 0 Å². The zero-order valence-electron chi connectivity index (χ0n) is 10.1. The lowest BCUT2D eigenvalue weighted by Gasteiger charge is -2.19. The molecule has 3 N–H and O–H groups in total. The Balaban J connectivity index is 2.18. The summed E-state index contributed by atoms with van der Waals surface area (Å²) >= 11 is 0. The highest BCUT2D eigenvalue weighted by atomic mass is 16.5. The minimum absolute atomic E-state index is 0.142. The fraction of sp³-hybridized carbons (Fsp3) is 0.417. The van der Waals surface area contributed by atoms with Gasteiger partial charge in [0.05, 0.1) is 6.61 Å². The van der Waals surface area contributed by atoms with E-state index in [2.05, 4.69) is 10.2 Å². The number of benzene rings is 1. The van der Waals surface area contributed by atoms with Gasteiger partial charge in [0.25, 0.3) is 0 Å². The van der Waals surface area contributed by atoms with E-state index in [1.807, 2.05) is 25.2 Å². The second-order valence-electron chi connectivity index (χ2n) is 4.15. The average molecular weight is 235 g/mol. The van der Waals surface area contributed by atoms with E-state index < -0.39 is 6.04 Å². The summed E-state index contributed by atoms with van der Waals surface area (Å²) in [6, 6.07) is 5.27. The number of nitrogens with one attached hydrogen (secondary N) is 1. The van der Waals surface area contributed by atoms with Crippen molar-refractivity contribution in [1.29, 1.82) is 0 Å². The first kappa shape index (κ1) is 11.9. The number of likely N-dealkylation sites (N-methyl/N-ethyl adjacent to an activating group) is 1. The van der Waals surface area contributed by atoms with Gasteiger partial charge in [0.1, 0.15) is 6.04 Å². The fourth-order valence-electron chi connectivity index (χ4n) is 1.87. The highest BCUT2D eigenvalue weighted by Crippen LogP contribution is 2.32. The molecule has 0 saturated carbocycles. The standard InChI is InChI=1S/C12H17N3O2/c1-15(5-6-17-2)8-3-4-9-10(7-8)14-12(16)11(9)13/h3-4,7,11H,5-6,13H2,1-2H3,(H,14,16). The van der Waals surface area contributed by atoms with Gasteiger partial charge in [0, 0.05) is 37.6 Å². The van der Waals surface area contributed by atoms with E-state index in [0.29, 0.717) is 6.61 Å². The number of carbonyl (C=O) groups is 1. The minimum atomic E-state index is -0.539. The summed E-state index contributed by atoms with van der Waals surface area (Å²) < 4.78 is 5.03. The SMILES string of the molecule is COCCN(C)c1ccc2c(c1)NC(=O)C2N. The highest BCUT2D eigenvalue weighted by molar-refractivity contribution is 6.02. The average Bonchev–Trinajstić information content (AvgIpc) is 2.61. The molecule has 5 nitrogen and oxygen atoms in total. The van der Waals surface area contributed by atoms with Crippen LogP contribution in [0.2, 0.25) is 0 Å². The molecule has 0 fully saturated rings. The number of methoxy groups -OCH3 is 1. The van der Waals surface area contributed by atoms with Crippen molar-refractivity contribution in [2.75, 3.05) is 37.5 Å². The summed E-state index contributed by atoms with van der Waals surface area (Å²) in [7, 11) is 3.66. The van der Waals surface area contributed by atoms with Crippen molar-refractivity contribution in [3.63, 3.8) is 0 Å². The molecule has 1 aromatic carbocycles. The van der Waals surface area contributed by atoms with Crippen molar-refractivity contribution in [3.8, 4) is 0 Å². The van der Waals surface area contributed by atoms with Crippen LogP contribution < -0.4 is 16.0 Å². The van der Waals surface area contributed by atoms with Crippen LogP contribution in [-0.4, -0.2) is 33.2 Å². The number of ether oxygens (including phenoxy) is 1. The Hall–Kier alpha value is -1.59. The van der Waals surface area contributed by atoms with Crippen LogP contribution in [0.25, 0.3) is 0 Å². The van der Waals surface area contributed by atoms with Gasteiger partial charge in [-0.05, 0) is 12.1 Å². The van der Waals surface area contributed by atoms with E-state index >= 15 is 0 Å². The summed E-state index contributed by atoms with van der Waals surface area (Å²) in [4.78, 5) is 13.5. The molecule has 0 spiro atoms. The molecule has 1 aliphatic heterocycles. The fourth-order valence-corrected chi connectivity index (χ4v) is 1.87. The summed E-state index contributed by atoms with van der Waals surface area (Å²) in [5.74, 6) is -0.142. The van der Waals surface area contributed by atoms with Crippen LogP contribution in [-0.2, 0) is 9.53 Å². The maximum Gasteiger partial charge on any atom is 0.245 e. The number of nitrogens with zero attached hydrogens (tertiary/aromatic N) is 1. The minimum Gasteiger partial charge on any atom is -0.383 e. The van der Waals surface area contributed by atoms with Crippen molar-refractivity contribution >= 4 is 17.3 Å². The molecule has 2 rings (SSSR count). The predicted molar refractivity (Wildman–Crippen MR) is 67.1 cm³/mol. The topological polar surface area (TPSA) is 67.6 Å². The summed E-state index contributed by atoms with van der Waals surface area (Å²) in [6.07, 6.45) is 0. The lowest BCUT2D eigenvalue weighted by atomic mass is 10.1. The molecule has 1 unspecified atom stereocenters. The van der Waals surface area contributed by atoms with Gasteiger partial charge in [-0.25, -0.2) is 0 Å². The third-order valence-corrected chi connectivity index (χ3v) is 2.98. The molecule has 0 bridgehead atoms. The molecule has 0 aromatic heterocycles. The number of anilines is 2. The van der Waals surface area contributed by atoms with Gasteiger partial charge in [0.2, 0.25) is 5.91 Å². The van der Waals surface area contributed by atoms with Gasteiger partial charge < -0.3 is 20.7 Å². The maximum atomic E-state index is 11.4. The van der Waals surface area contributed by atoms with Crippen LogP contribution in [0.1, 0.15) is 11.6 Å². The zero-order chi connectivity index (χ0) is 12.4. The van der Waals surface area contributed by atoms with Gasteiger partial charge in [0.15, 0.2) is 0 Å². The van der Waals surface area contributed by atoms with E-state index in [-0.39, 0.29) is 5.91 Å². The molecule has 1 aliphatic rings. The van der Waals surface area contributed by atoms with Crippen LogP contribution in [0.4, 0.5) is 11.4 Å². The van der Waals surface area contributed by atoms with Gasteiger partial charge in [-0.3, -0.25) is 4.79 Å². The van der Waals surface area contributed by atoms with Gasteiger partial charge in [-0.1, -0.05) is 6.07 Å². The van der Waals surface area contributed by atoms with Crippen molar-refractivity contribution in [1.82, 2.24) is 0 Å². The normalized spacial score (nSPS) is 17.8. The van der Waals surface area contributed by atoms with E-state index in [1.165, 1.54) is 0 Å². The van der Waals surface area contributed by atoms with Crippen LogP contribution >= 0.6 is 0 Å². The van der Waals surface area contributed by atoms with Gasteiger partial charge in [-0.15, -0.1) is 0 Å². The third kappa shape index (κ3) is 2.25. The Morgan fingerprint density at radius 1 is 1.53 bits per heavy atom. The van der Waals surface area contributed by atoms with Crippen molar-refractivity contribution in [2.45, 2.75) is 6.04 Å². The largest absolute Gasteiger partial charge is 0.383 e. The first-order chi connectivity index (χ1) is 8.13. The molecule has 17 heavy (non-hydrogen) atoms. The van der Waals surface area contributed by atoms with Gasteiger partial charge >= 0.3 is 0 Å². The smallest absolute Gasteiger partial charge is 0.245 e. The number of fused-ring (bicyclic) bond motifs is 1. The Bertz CT molecular complexity index is 434. The van der Waals surface area contributed by atoms with Crippen molar-refractivity contribution in [2.24, 2.45) is 5.73 Å². The Morgan fingerprint density at radius 3 is 3.00 bits per heavy atom. The predicted octanol–water partition coefficient (Wildman–Crippen LogP) is 0.721. The quantitative estimate of drug-likeness (QED) is 0.807. The molecule has 1 aromatic rings. The number of hydrogen-bond acceptors (Lipinski definition) is 4. The van der Waals surface area contributed by atoms with E-state index in [4.69, 9.17) is 10.5 Å². The summed E-state index contributed by atoms with van der Waals surface area (Å²) in [5.41, 5.74) is 8.46. The molecular weight excluding hydrogens is 218 g/mol. The maximum absolute atomic E-state index is 11.4. The summed E-state index contributed by atoms with van der Waals surface area (Å²) in [5, 5.41) is 2.78. The second-order valence-corrected chi connectivity index (χ2v) is 4.15.